The fraction of sp³-hybridized carbons (Fsp3) is 0.500. The third kappa shape index (κ3) is 3.48. The lowest BCUT2D eigenvalue weighted by Crippen LogP contribution is -2.41. The lowest BCUT2D eigenvalue weighted by Gasteiger charge is -2.27. The van der Waals surface area contributed by atoms with E-state index in [1.165, 1.54) is 28.6 Å². The first-order chi connectivity index (χ1) is 10.3. The van der Waals surface area contributed by atoms with E-state index < -0.39 is 25.9 Å². The molecular formula is C14H18N2O4S2. The fourth-order valence-electron chi connectivity index (χ4n) is 2.56. The molecule has 1 atom stereocenters. The van der Waals surface area contributed by atoms with Gasteiger partial charge in [-0.05, 0) is 37.1 Å². The summed E-state index contributed by atoms with van der Waals surface area (Å²) in [4.78, 5) is 0.0873. The molecule has 1 aliphatic heterocycles. The molecule has 0 amide bonds. The van der Waals surface area contributed by atoms with Crippen LogP contribution in [0.25, 0.3) is 0 Å². The maximum atomic E-state index is 12.8. The predicted molar refractivity (Wildman–Crippen MR) is 82.4 cm³/mol. The number of rotatable bonds is 5. The van der Waals surface area contributed by atoms with Gasteiger partial charge in [0.1, 0.15) is 0 Å². The van der Waals surface area contributed by atoms with Crippen molar-refractivity contribution in [1.29, 1.82) is 5.26 Å². The third-order valence-electron chi connectivity index (χ3n) is 3.65. The van der Waals surface area contributed by atoms with E-state index >= 15 is 0 Å². The van der Waals surface area contributed by atoms with E-state index in [0.29, 0.717) is 18.4 Å². The first kappa shape index (κ1) is 16.9. The molecule has 0 saturated carbocycles. The average molecular weight is 342 g/mol. The lowest BCUT2D eigenvalue weighted by atomic mass is 10.2. The van der Waals surface area contributed by atoms with Gasteiger partial charge in [0.15, 0.2) is 9.84 Å². The van der Waals surface area contributed by atoms with Crippen molar-refractivity contribution in [2.24, 2.45) is 0 Å². The Morgan fingerprint density at radius 3 is 2.41 bits per heavy atom. The number of hydrogen-bond acceptors (Lipinski definition) is 5. The van der Waals surface area contributed by atoms with E-state index in [0.717, 1.165) is 0 Å². The molecule has 120 valence electrons. The molecule has 6 nitrogen and oxygen atoms in total. The third-order valence-corrected chi connectivity index (χ3v) is 7.37. The van der Waals surface area contributed by atoms with Crippen LogP contribution in [0.5, 0.6) is 0 Å². The van der Waals surface area contributed by atoms with Gasteiger partial charge in [0.05, 0.1) is 28.0 Å². The highest BCUT2D eigenvalue weighted by Crippen LogP contribution is 2.25. The van der Waals surface area contributed by atoms with Gasteiger partial charge in [-0.25, -0.2) is 16.8 Å². The first-order valence-electron chi connectivity index (χ1n) is 7.02. The Labute approximate surface area is 131 Å². The second kappa shape index (κ2) is 6.36. The standard InChI is InChI=1S/C14H18N2O4S2/c1-2-8-16(13-7-9-21(17,18)11-13)22(19,20)14-5-3-12(10-15)4-6-14/h3-6,13H,2,7-9,11H2,1H3/t13-/m0/s1. The molecule has 0 unspecified atom stereocenters. The van der Waals surface area contributed by atoms with E-state index in [9.17, 15) is 16.8 Å². The highest BCUT2D eigenvalue weighted by atomic mass is 32.2. The largest absolute Gasteiger partial charge is 0.243 e. The molecule has 2 rings (SSSR count). The van der Waals surface area contributed by atoms with Crippen molar-refractivity contribution < 1.29 is 16.8 Å². The van der Waals surface area contributed by atoms with Gasteiger partial charge in [0.2, 0.25) is 10.0 Å². The van der Waals surface area contributed by atoms with Crippen LogP contribution in [0.15, 0.2) is 29.2 Å². The van der Waals surface area contributed by atoms with Crippen molar-refractivity contribution in [3.05, 3.63) is 29.8 Å². The summed E-state index contributed by atoms with van der Waals surface area (Å²) >= 11 is 0. The Balaban J connectivity index is 2.35. The molecule has 8 heteroatoms. The molecule has 0 N–H and O–H groups in total. The number of nitrogens with zero attached hydrogens (tertiary/aromatic N) is 2. The lowest BCUT2D eigenvalue weighted by molar-refractivity contribution is 0.340. The summed E-state index contributed by atoms with van der Waals surface area (Å²) in [5.74, 6) is -0.0940. The van der Waals surface area contributed by atoms with E-state index in [2.05, 4.69) is 0 Å². The second-order valence-corrected chi connectivity index (χ2v) is 9.43. The summed E-state index contributed by atoms with van der Waals surface area (Å²) in [6, 6.07) is 7.10. The zero-order valence-corrected chi connectivity index (χ0v) is 13.9. The SMILES string of the molecule is CCCN([C@H]1CCS(=O)(=O)C1)S(=O)(=O)c1ccc(C#N)cc1. The molecule has 1 aromatic carbocycles. The molecule has 0 spiro atoms. The van der Waals surface area contributed by atoms with Crippen molar-refractivity contribution in [3.8, 4) is 6.07 Å². The van der Waals surface area contributed by atoms with Crippen molar-refractivity contribution in [3.63, 3.8) is 0 Å². The Bertz CT molecular complexity index is 777. The van der Waals surface area contributed by atoms with Gasteiger partial charge in [-0.2, -0.15) is 9.57 Å². The molecule has 0 aromatic heterocycles. The Morgan fingerprint density at radius 1 is 1.32 bits per heavy atom. The smallest absolute Gasteiger partial charge is 0.229 e. The molecular weight excluding hydrogens is 324 g/mol. The summed E-state index contributed by atoms with van der Waals surface area (Å²) in [5.41, 5.74) is 0.379. The Kier molecular flexibility index (Phi) is 4.90. The van der Waals surface area contributed by atoms with Crippen LogP contribution in [0.2, 0.25) is 0 Å². The average Bonchev–Trinajstić information content (AvgIpc) is 2.84. The van der Waals surface area contributed by atoms with Crippen molar-refractivity contribution in [2.75, 3.05) is 18.1 Å². The van der Waals surface area contributed by atoms with Gasteiger partial charge < -0.3 is 0 Å². The minimum absolute atomic E-state index is 0.0285. The Hall–Kier alpha value is -1.43. The van der Waals surface area contributed by atoms with Crippen LogP contribution in [0.4, 0.5) is 0 Å². The monoisotopic (exact) mass is 342 g/mol. The zero-order chi connectivity index (χ0) is 16.4. The second-order valence-electron chi connectivity index (χ2n) is 5.31. The molecule has 1 aromatic rings. The maximum absolute atomic E-state index is 12.8. The number of sulfone groups is 1. The molecule has 1 heterocycles. The molecule has 0 aliphatic carbocycles. The summed E-state index contributed by atoms with van der Waals surface area (Å²) in [7, 11) is -6.92. The van der Waals surface area contributed by atoms with Gasteiger partial charge in [0.25, 0.3) is 0 Å². The molecule has 1 aliphatic rings. The molecule has 22 heavy (non-hydrogen) atoms. The van der Waals surface area contributed by atoms with E-state index in [1.54, 1.807) is 0 Å². The summed E-state index contributed by atoms with van der Waals surface area (Å²) in [6.07, 6.45) is 0.934. The van der Waals surface area contributed by atoms with Gasteiger partial charge >= 0.3 is 0 Å². The number of nitriles is 1. The Morgan fingerprint density at radius 2 is 1.95 bits per heavy atom. The summed E-state index contributed by atoms with van der Waals surface area (Å²) in [5, 5.41) is 8.78. The van der Waals surface area contributed by atoms with Gasteiger partial charge in [0, 0.05) is 12.6 Å². The highest BCUT2D eigenvalue weighted by molar-refractivity contribution is 7.92. The summed E-state index contributed by atoms with van der Waals surface area (Å²) < 4.78 is 50.1. The minimum atomic E-state index is -3.76. The van der Waals surface area contributed by atoms with Crippen LogP contribution in [0.1, 0.15) is 25.3 Å². The van der Waals surface area contributed by atoms with Gasteiger partial charge in [-0.3, -0.25) is 0 Å². The molecule has 0 radical (unpaired) electrons. The van der Waals surface area contributed by atoms with Crippen molar-refractivity contribution >= 4 is 19.9 Å². The number of sulfonamides is 1. The zero-order valence-electron chi connectivity index (χ0n) is 12.3. The van der Waals surface area contributed by atoms with Crippen LogP contribution < -0.4 is 0 Å². The first-order valence-corrected chi connectivity index (χ1v) is 10.3. The van der Waals surface area contributed by atoms with E-state index in [-0.39, 0.29) is 22.9 Å². The fourth-order valence-corrected chi connectivity index (χ4v) is 6.13. The molecule has 0 bridgehead atoms. The van der Waals surface area contributed by atoms with Gasteiger partial charge in [-0.1, -0.05) is 6.92 Å². The van der Waals surface area contributed by atoms with Gasteiger partial charge in [-0.15, -0.1) is 0 Å². The van der Waals surface area contributed by atoms with Crippen LogP contribution in [-0.4, -0.2) is 45.2 Å². The predicted octanol–water partition coefficient (Wildman–Crippen LogP) is 1.15. The highest BCUT2D eigenvalue weighted by Gasteiger charge is 2.38. The quantitative estimate of drug-likeness (QED) is 0.800. The number of benzene rings is 1. The minimum Gasteiger partial charge on any atom is -0.229 e. The molecule has 1 saturated heterocycles. The van der Waals surface area contributed by atoms with Crippen LogP contribution >= 0.6 is 0 Å². The normalized spacial score (nSPS) is 20.9. The van der Waals surface area contributed by atoms with E-state index in [4.69, 9.17) is 5.26 Å². The van der Waals surface area contributed by atoms with Crippen LogP contribution in [-0.2, 0) is 19.9 Å². The van der Waals surface area contributed by atoms with Crippen molar-refractivity contribution in [2.45, 2.75) is 30.7 Å². The van der Waals surface area contributed by atoms with Crippen LogP contribution in [0, 0.1) is 11.3 Å². The summed E-state index contributed by atoms with van der Waals surface area (Å²) in [6.45, 7) is 2.13. The molecule has 1 fully saturated rings. The van der Waals surface area contributed by atoms with Crippen molar-refractivity contribution in [1.82, 2.24) is 4.31 Å². The topological polar surface area (TPSA) is 95.3 Å². The number of hydrogen-bond donors (Lipinski definition) is 0. The van der Waals surface area contributed by atoms with Crippen LogP contribution in [0.3, 0.4) is 0 Å². The van der Waals surface area contributed by atoms with E-state index in [1.807, 2.05) is 13.0 Å². The maximum Gasteiger partial charge on any atom is 0.243 e.